The zero-order chi connectivity index (χ0) is 17.3. The van der Waals surface area contributed by atoms with E-state index in [4.69, 9.17) is 9.47 Å². The summed E-state index contributed by atoms with van der Waals surface area (Å²) in [6.07, 6.45) is 4.04. The predicted octanol–water partition coefficient (Wildman–Crippen LogP) is 0.911. The second kappa shape index (κ2) is 8.61. The fraction of sp³-hybridized carbons (Fsp3) is 1.00. The van der Waals surface area contributed by atoms with Crippen LogP contribution in [0.25, 0.3) is 0 Å². The van der Waals surface area contributed by atoms with Gasteiger partial charge in [0.1, 0.15) is 0 Å². The Morgan fingerprint density at radius 1 is 0.958 bits per heavy atom. The highest BCUT2D eigenvalue weighted by Crippen LogP contribution is 2.34. The minimum Gasteiger partial charge on any atom is -0.391 e. The van der Waals surface area contributed by atoms with Crippen molar-refractivity contribution in [2.24, 2.45) is 5.92 Å². The largest absolute Gasteiger partial charge is 0.391 e. The zero-order valence-electron chi connectivity index (χ0n) is 14.3. The van der Waals surface area contributed by atoms with E-state index in [1.165, 1.54) is 0 Å². The molecule has 0 radical (unpaired) electrons. The molecule has 3 rings (SSSR count). The number of aliphatic hydroxyl groups excluding tert-OH is 1. The lowest BCUT2D eigenvalue weighted by molar-refractivity contribution is -0.0914. The molecule has 0 spiro atoms. The average Bonchev–Trinajstić information content (AvgIpc) is 2.58. The third kappa shape index (κ3) is 4.17. The van der Waals surface area contributed by atoms with E-state index >= 15 is 0 Å². The first kappa shape index (κ1) is 19.5. The first-order valence-corrected chi connectivity index (χ1v) is 10.6. The zero-order valence-corrected chi connectivity index (χ0v) is 17.4. The highest BCUT2D eigenvalue weighted by molar-refractivity contribution is 9.10. The van der Waals surface area contributed by atoms with E-state index in [0.717, 1.165) is 32.4 Å². The summed E-state index contributed by atoms with van der Waals surface area (Å²) in [6.45, 7) is 0.803. The van der Waals surface area contributed by atoms with Crippen LogP contribution < -0.4 is 16.0 Å². The van der Waals surface area contributed by atoms with Gasteiger partial charge in [-0.3, -0.25) is 10.6 Å². The molecule has 1 saturated heterocycles. The maximum Gasteiger partial charge on any atom is 0.0847 e. The van der Waals surface area contributed by atoms with Crippen molar-refractivity contribution >= 4 is 31.9 Å². The molecule has 3 aliphatic rings. The molecule has 7 unspecified atom stereocenters. The molecule has 8 heteroatoms. The molecular formula is C16H29Br2N3O3. The number of methoxy groups -OCH3 is 2. The Bertz CT molecular complexity index is 408. The van der Waals surface area contributed by atoms with Gasteiger partial charge in [-0.25, -0.2) is 0 Å². The Hall–Kier alpha value is 0.720. The summed E-state index contributed by atoms with van der Waals surface area (Å²) in [6, 6.07) is 0.813. The first-order valence-electron chi connectivity index (χ1n) is 8.78. The molecule has 6 nitrogen and oxygen atoms in total. The van der Waals surface area contributed by atoms with E-state index in [2.05, 4.69) is 47.8 Å². The Balaban J connectivity index is 1.63. The highest BCUT2D eigenvalue weighted by Gasteiger charge is 2.44. The van der Waals surface area contributed by atoms with E-state index in [-0.39, 0.29) is 34.1 Å². The fourth-order valence-electron chi connectivity index (χ4n) is 4.43. The summed E-state index contributed by atoms with van der Waals surface area (Å²) in [5.41, 5.74) is 0. The quantitative estimate of drug-likeness (QED) is 0.458. The van der Waals surface area contributed by atoms with Crippen LogP contribution in [-0.4, -0.2) is 72.2 Å². The van der Waals surface area contributed by atoms with E-state index in [1.807, 2.05) is 0 Å². The van der Waals surface area contributed by atoms with Gasteiger partial charge in [-0.15, -0.1) is 0 Å². The monoisotopic (exact) mass is 469 g/mol. The van der Waals surface area contributed by atoms with Crippen molar-refractivity contribution in [3.63, 3.8) is 0 Å². The Kier molecular flexibility index (Phi) is 6.99. The minimum atomic E-state index is -0.327. The van der Waals surface area contributed by atoms with Gasteiger partial charge < -0.3 is 19.9 Å². The van der Waals surface area contributed by atoms with Gasteiger partial charge in [0.15, 0.2) is 0 Å². The number of hydrogen-bond donors (Lipinski definition) is 4. The van der Waals surface area contributed by atoms with Crippen LogP contribution in [0.2, 0.25) is 0 Å². The highest BCUT2D eigenvalue weighted by atomic mass is 79.9. The first-order chi connectivity index (χ1) is 11.5. The average molecular weight is 471 g/mol. The Morgan fingerprint density at radius 3 is 2.21 bits per heavy atom. The predicted molar refractivity (Wildman–Crippen MR) is 101 cm³/mol. The third-order valence-electron chi connectivity index (χ3n) is 5.82. The van der Waals surface area contributed by atoms with E-state index in [0.29, 0.717) is 18.0 Å². The molecule has 24 heavy (non-hydrogen) atoms. The van der Waals surface area contributed by atoms with Crippen molar-refractivity contribution in [2.75, 3.05) is 20.9 Å². The van der Waals surface area contributed by atoms with Crippen LogP contribution in [0.15, 0.2) is 0 Å². The van der Waals surface area contributed by atoms with Gasteiger partial charge in [0.05, 0.1) is 24.5 Å². The van der Waals surface area contributed by atoms with Gasteiger partial charge in [0.2, 0.25) is 0 Å². The second-order valence-corrected chi connectivity index (χ2v) is 9.56. The SMILES string of the molecule is COC1CC2NCNC(NC3CC(Br)C(O)C(Br)C3)C2CC1OC. The molecule has 0 aromatic heterocycles. The van der Waals surface area contributed by atoms with Gasteiger partial charge in [0, 0.05) is 48.5 Å². The maximum atomic E-state index is 10.1. The Morgan fingerprint density at radius 2 is 1.58 bits per heavy atom. The van der Waals surface area contributed by atoms with Crippen LogP contribution in [0, 0.1) is 5.92 Å². The van der Waals surface area contributed by atoms with E-state index in [1.54, 1.807) is 14.2 Å². The summed E-state index contributed by atoms with van der Waals surface area (Å²) in [7, 11) is 3.55. The molecule has 1 aliphatic heterocycles. The summed E-state index contributed by atoms with van der Waals surface area (Å²) in [5, 5.41) is 21.0. The number of nitrogens with one attached hydrogen (secondary N) is 3. The molecule has 4 N–H and O–H groups in total. The number of hydrogen-bond acceptors (Lipinski definition) is 6. The van der Waals surface area contributed by atoms with Crippen molar-refractivity contribution in [1.82, 2.24) is 16.0 Å². The number of aliphatic hydroxyl groups is 1. The van der Waals surface area contributed by atoms with Crippen molar-refractivity contribution in [2.45, 2.75) is 71.9 Å². The topological polar surface area (TPSA) is 74.8 Å². The molecule has 1 heterocycles. The lowest BCUT2D eigenvalue weighted by atomic mass is 9.77. The summed E-state index contributed by atoms with van der Waals surface area (Å²) in [4.78, 5) is 0.253. The summed E-state index contributed by atoms with van der Waals surface area (Å²) < 4.78 is 11.3. The smallest absolute Gasteiger partial charge is 0.0847 e. The van der Waals surface area contributed by atoms with Crippen LogP contribution >= 0.6 is 31.9 Å². The number of fused-ring (bicyclic) bond motifs is 1. The van der Waals surface area contributed by atoms with Crippen LogP contribution in [0.4, 0.5) is 0 Å². The fourth-order valence-corrected chi connectivity index (χ4v) is 6.48. The summed E-state index contributed by atoms with van der Waals surface area (Å²) in [5.74, 6) is 0.463. The van der Waals surface area contributed by atoms with Crippen molar-refractivity contribution in [1.29, 1.82) is 0 Å². The third-order valence-corrected chi connectivity index (χ3v) is 7.65. The van der Waals surface area contributed by atoms with Crippen molar-refractivity contribution in [3.05, 3.63) is 0 Å². The van der Waals surface area contributed by atoms with E-state index < -0.39 is 0 Å². The van der Waals surface area contributed by atoms with Gasteiger partial charge >= 0.3 is 0 Å². The molecule has 2 aliphatic carbocycles. The summed E-state index contributed by atoms with van der Waals surface area (Å²) >= 11 is 7.23. The maximum absolute atomic E-state index is 10.1. The Labute approximate surface area is 161 Å². The minimum absolute atomic E-state index is 0.126. The number of halogens is 2. The molecule has 3 fully saturated rings. The molecule has 0 bridgehead atoms. The van der Waals surface area contributed by atoms with Crippen LogP contribution in [-0.2, 0) is 9.47 Å². The lowest BCUT2D eigenvalue weighted by Gasteiger charge is -2.48. The molecule has 0 amide bonds. The van der Waals surface area contributed by atoms with Gasteiger partial charge in [-0.05, 0) is 25.7 Å². The number of rotatable bonds is 4. The molecular weight excluding hydrogens is 442 g/mol. The normalized spacial score (nSPS) is 49.6. The van der Waals surface area contributed by atoms with Crippen LogP contribution in [0.1, 0.15) is 25.7 Å². The van der Waals surface area contributed by atoms with Gasteiger partial charge in [-0.1, -0.05) is 31.9 Å². The van der Waals surface area contributed by atoms with Crippen molar-refractivity contribution in [3.8, 4) is 0 Å². The molecule has 0 aromatic rings. The van der Waals surface area contributed by atoms with Crippen LogP contribution in [0.5, 0.6) is 0 Å². The molecule has 140 valence electrons. The number of alkyl halides is 2. The lowest BCUT2D eigenvalue weighted by Crippen LogP contribution is -2.68. The number of ether oxygens (including phenoxy) is 2. The molecule has 0 aromatic carbocycles. The van der Waals surface area contributed by atoms with Gasteiger partial charge in [-0.2, -0.15) is 0 Å². The van der Waals surface area contributed by atoms with E-state index in [9.17, 15) is 5.11 Å². The molecule has 2 saturated carbocycles. The standard InChI is InChI=1S/C16H29Br2N3O3/c1-23-13-5-9-12(6-14(13)24-2)19-7-20-16(9)21-8-3-10(17)15(22)11(18)4-8/h8-16,19-22H,3-7H2,1-2H3. The van der Waals surface area contributed by atoms with Crippen molar-refractivity contribution < 1.29 is 14.6 Å². The van der Waals surface area contributed by atoms with Crippen LogP contribution in [0.3, 0.4) is 0 Å². The molecule has 7 atom stereocenters. The van der Waals surface area contributed by atoms with Gasteiger partial charge in [0.25, 0.3) is 0 Å². The second-order valence-electron chi connectivity index (χ2n) is 7.21.